The molecule has 0 unspecified atom stereocenters. The van der Waals surface area contributed by atoms with Crippen LogP contribution in [0, 0.1) is 12.8 Å². The summed E-state index contributed by atoms with van der Waals surface area (Å²) in [6.45, 7) is 4.09. The van der Waals surface area contributed by atoms with E-state index < -0.39 is 9.84 Å². The number of benzene rings is 2. The Hall–Kier alpha value is -1.65. The molecule has 1 N–H and O–H groups in total. The second-order valence-electron chi connectivity index (χ2n) is 6.83. The van der Waals surface area contributed by atoms with Gasteiger partial charge in [0.15, 0.2) is 9.84 Å². The highest BCUT2D eigenvalue weighted by molar-refractivity contribution is 7.91. The Morgan fingerprint density at radius 3 is 2.29 bits per heavy atom. The summed E-state index contributed by atoms with van der Waals surface area (Å²) in [5, 5.41) is 3.58. The molecule has 0 bridgehead atoms. The van der Waals surface area contributed by atoms with E-state index in [0.717, 1.165) is 0 Å². The topological polar surface area (TPSA) is 46.2 Å². The number of sulfone groups is 1. The van der Waals surface area contributed by atoms with E-state index in [-0.39, 0.29) is 17.8 Å². The molecule has 0 aliphatic heterocycles. The van der Waals surface area contributed by atoms with E-state index in [9.17, 15) is 8.42 Å². The van der Waals surface area contributed by atoms with Crippen LogP contribution in [0.15, 0.2) is 59.5 Å². The van der Waals surface area contributed by atoms with Gasteiger partial charge in [0.1, 0.15) is 0 Å². The summed E-state index contributed by atoms with van der Waals surface area (Å²) in [5.74, 6) is 0.736. The maximum absolute atomic E-state index is 12.6. The molecule has 2 atom stereocenters. The van der Waals surface area contributed by atoms with Gasteiger partial charge >= 0.3 is 0 Å². The normalized spacial score (nSPS) is 17.4. The summed E-state index contributed by atoms with van der Waals surface area (Å²) in [6.07, 6.45) is 2.42. The lowest BCUT2D eigenvalue weighted by Gasteiger charge is -2.25. The molecular weight excluding hydrogens is 318 g/mol. The molecule has 0 spiro atoms. The van der Waals surface area contributed by atoms with Gasteiger partial charge < -0.3 is 5.32 Å². The van der Waals surface area contributed by atoms with Crippen LogP contribution in [0.2, 0.25) is 0 Å². The molecule has 1 fully saturated rings. The van der Waals surface area contributed by atoms with Crippen LogP contribution in [-0.2, 0) is 9.84 Å². The summed E-state index contributed by atoms with van der Waals surface area (Å²) in [7, 11) is -3.27. The fraction of sp³-hybridized carbons (Fsp3) is 0.400. The van der Waals surface area contributed by atoms with Crippen LogP contribution in [-0.4, -0.2) is 20.2 Å². The van der Waals surface area contributed by atoms with Gasteiger partial charge in [0.2, 0.25) is 0 Å². The number of rotatable bonds is 7. The first-order valence-corrected chi connectivity index (χ1v) is 10.2. The van der Waals surface area contributed by atoms with Gasteiger partial charge in [0.05, 0.1) is 10.6 Å². The van der Waals surface area contributed by atoms with Gasteiger partial charge in [-0.1, -0.05) is 42.5 Å². The van der Waals surface area contributed by atoms with E-state index in [1.54, 1.807) is 24.3 Å². The lowest BCUT2D eigenvalue weighted by atomic mass is 9.97. The monoisotopic (exact) mass is 343 g/mol. The van der Waals surface area contributed by atoms with Crippen LogP contribution in [0.5, 0.6) is 0 Å². The molecule has 2 aromatic rings. The molecule has 2 aromatic carbocycles. The molecule has 24 heavy (non-hydrogen) atoms. The number of aryl methyl sites for hydroxylation is 1. The molecular formula is C20H25NO2S. The summed E-state index contributed by atoms with van der Waals surface area (Å²) in [5.41, 5.74) is 2.56. The molecule has 1 saturated carbocycles. The highest BCUT2D eigenvalue weighted by Crippen LogP contribution is 2.42. The molecule has 0 radical (unpaired) electrons. The number of hydrogen-bond donors (Lipinski definition) is 1. The highest BCUT2D eigenvalue weighted by atomic mass is 32.2. The smallest absolute Gasteiger partial charge is 0.179 e. The first-order valence-electron chi connectivity index (χ1n) is 8.57. The molecule has 1 aliphatic rings. The first-order chi connectivity index (χ1) is 11.5. The molecule has 3 nitrogen and oxygen atoms in total. The third-order valence-corrected chi connectivity index (χ3v) is 6.58. The van der Waals surface area contributed by atoms with Gasteiger partial charge in [-0.25, -0.2) is 8.42 Å². The van der Waals surface area contributed by atoms with E-state index in [0.29, 0.717) is 10.8 Å². The van der Waals surface area contributed by atoms with Crippen LogP contribution >= 0.6 is 0 Å². The molecule has 128 valence electrons. The van der Waals surface area contributed by atoms with Crippen molar-refractivity contribution >= 4 is 9.84 Å². The third kappa shape index (κ3) is 4.05. The maximum Gasteiger partial charge on any atom is 0.179 e. The van der Waals surface area contributed by atoms with Crippen molar-refractivity contribution in [2.24, 2.45) is 5.92 Å². The van der Waals surface area contributed by atoms with Crippen LogP contribution < -0.4 is 5.32 Å². The van der Waals surface area contributed by atoms with Crippen molar-refractivity contribution in [1.82, 2.24) is 5.32 Å². The highest BCUT2D eigenvalue weighted by Gasteiger charge is 2.34. The largest absolute Gasteiger partial charge is 0.306 e. The van der Waals surface area contributed by atoms with Gasteiger partial charge in [0, 0.05) is 12.1 Å². The summed E-state index contributed by atoms with van der Waals surface area (Å²) in [6, 6.07) is 17.2. The molecule has 1 aliphatic carbocycles. The van der Waals surface area contributed by atoms with Gasteiger partial charge in [-0.05, 0) is 55.9 Å². The fourth-order valence-corrected chi connectivity index (χ4v) is 4.77. The minimum atomic E-state index is -3.27. The summed E-state index contributed by atoms with van der Waals surface area (Å²) >= 11 is 0. The van der Waals surface area contributed by atoms with Crippen molar-refractivity contribution in [2.45, 2.75) is 43.7 Å². The zero-order chi connectivity index (χ0) is 17.2. The Morgan fingerprint density at radius 1 is 1.04 bits per heavy atom. The fourth-order valence-electron chi connectivity index (χ4n) is 3.25. The van der Waals surface area contributed by atoms with Crippen molar-refractivity contribution in [3.05, 3.63) is 65.7 Å². The molecule has 0 amide bonds. The Morgan fingerprint density at radius 2 is 1.67 bits per heavy atom. The maximum atomic E-state index is 12.6. The van der Waals surface area contributed by atoms with E-state index >= 15 is 0 Å². The van der Waals surface area contributed by atoms with E-state index in [1.165, 1.54) is 24.0 Å². The van der Waals surface area contributed by atoms with Crippen LogP contribution in [0.3, 0.4) is 0 Å². The second-order valence-corrected chi connectivity index (χ2v) is 8.87. The first kappa shape index (κ1) is 17.2. The Kier molecular flexibility index (Phi) is 5.07. The predicted molar refractivity (Wildman–Crippen MR) is 97.7 cm³/mol. The van der Waals surface area contributed by atoms with Gasteiger partial charge in [-0.2, -0.15) is 0 Å². The lowest BCUT2D eigenvalue weighted by Crippen LogP contribution is -2.37. The van der Waals surface area contributed by atoms with Gasteiger partial charge in [-0.3, -0.25) is 0 Å². The molecule has 0 heterocycles. The van der Waals surface area contributed by atoms with E-state index in [4.69, 9.17) is 0 Å². The zero-order valence-corrected chi connectivity index (χ0v) is 15.1. The van der Waals surface area contributed by atoms with Crippen molar-refractivity contribution < 1.29 is 8.42 Å². The molecule has 0 saturated heterocycles. The Bertz CT molecular complexity index is 782. The van der Waals surface area contributed by atoms with Crippen molar-refractivity contribution in [3.63, 3.8) is 0 Å². The number of nitrogens with one attached hydrogen (secondary N) is 1. The SMILES string of the molecule is Cc1ccccc1[C@H](N[C@H](C)CS(=O)(=O)c1ccccc1)C1CC1. The summed E-state index contributed by atoms with van der Waals surface area (Å²) < 4.78 is 25.1. The Balaban J connectivity index is 1.73. The molecule has 0 aromatic heterocycles. The lowest BCUT2D eigenvalue weighted by molar-refractivity contribution is 0.433. The average Bonchev–Trinajstić information content (AvgIpc) is 3.39. The second kappa shape index (κ2) is 7.08. The van der Waals surface area contributed by atoms with Gasteiger partial charge in [-0.15, -0.1) is 0 Å². The third-order valence-electron chi connectivity index (χ3n) is 4.65. The van der Waals surface area contributed by atoms with Gasteiger partial charge in [0.25, 0.3) is 0 Å². The number of hydrogen-bond acceptors (Lipinski definition) is 3. The van der Waals surface area contributed by atoms with Crippen molar-refractivity contribution in [3.8, 4) is 0 Å². The van der Waals surface area contributed by atoms with E-state index in [1.807, 2.05) is 19.1 Å². The van der Waals surface area contributed by atoms with Crippen LogP contribution in [0.4, 0.5) is 0 Å². The predicted octanol–water partition coefficient (Wildman–Crippen LogP) is 3.90. The Labute approximate surface area is 145 Å². The summed E-state index contributed by atoms with van der Waals surface area (Å²) in [4.78, 5) is 0.400. The zero-order valence-electron chi connectivity index (χ0n) is 14.3. The van der Waals surface area contributed by atoms with Crippen LogP contribution in [0.25, 0.3) is 0 Å². The molecule has 3 rings (SSSR count). The van der Waals surface area contributed by atoms with Crippen molar-refractivity contribution in [1.29, 1.82) is 0 Å². The van der Waals surface area contributed by atoms with Crippen molar-refractivity contribution in [2.75, 3.05) is 5.75 Å². The standard InChI is InChI=1S/C20H25NO2S/c1-15-8-6-7-11-19(15)20(17-12-13-17)21-16(2)14-24(22,23)18-9-4-3-5-10-18/h3-11,16-17,20-21H,12-14H2,1-2H3/t16-,20-/m1/s1. The molecule has 4 heteroatoms. The van der Waals surface area contributed by atoms with Crippen LogP contribution in [0.1, 0.15) is 36.9 Å². The quantitative estimate of drug-likeness (QED) is 0.829. The minimum absolute atomic E-state index is 0.0968. The minimum Gasteiger partial charge on any atom is -0.306 e. The average molecular weight is 343 g/mol. The van der Waals surface area contributed by atoms with E-state index in [2.05, 4.69) is 30.4 Å².